The highest BCUT2D eigenvalue weighted by atomic mass is 32.2. The molecule has 0 radical (unpaired) electrons. The molecule has 2 aromatic rings. The van der Waals surface area contributed by atoms with Crippen molar-refractivity contribution in [2.75, 3.05) is 57.8 Å². The van der Waals surface area contributed by atoms with E-state index in [0.29, 0.717) is 39.4 Å². The fourth-order valence-electron chi connectivity index (χ4n) is 3.58. The first-order chi connectivity index (χ1) is 15.3. The van der Waals surface area contributed by atoms with E-state index >= 15 is 0 Å². The maximum absolute atomic E-state index is 12.8. The van der Waals surface area contributed by atoms with Gasteiger partial charge in [0.25, 0.3) is 10.2 Å². The quantitative estimate of drug-likeness (QED) is 0.683. The minimum atomic E-state index is -3.51. The summed E-state index contributed by atoms with van der Waals surface area (Å²) in [6.07, 6.45) is 0. The van der Waals surface area contributed by atoms with Gasteiger partial charge in [-0.05, 0) is 37.6 Å². The van der Waals surface area contributed by atoms with Crippen molar-refractivity contribution in [3.63, 3.8) is 0 Å². The number of hydrogen-bond donors (Lipinski definition) is 1. The number of thiazole rings is 1. The molecule has 0 bridgehead atoms. The van der Waals surface area contributed by atoms with Crippen LogP contribution in [0.4, 0.5) is 10.5 Å². The Labute approximate surface area is 196 Å². The summed E-state index contributed by atoms with van der Waals surface area (Å²) >= 11 is 3.22. The average molecular weight is 498 g/mol. The van der Waals surface area contributed by atoms with Gasteiger partial charge in [-0.2, -0.15) is 17.0 Å². The van der Waals surface area contributed by atoms with Gasteiger partial charge in [-0.15, -0.1) is 11.3 Å². The number of amides is 2. The van der Waals surface area contributed by atoms with Crippen LogP contribution in [0.25, 0.3) is 0 Å². The van der Waals surface area contributed by atoms with Crippen molar-refractivity contribution in [1.29, 1.82) is 0 Å². The van der Waals surface area contributed by atoms with E-state index in [1.807, 2.05) is 37.4 Å². The number of rotatable bonds is 5. The van der Waals surface area contributed by atoms with E-state index in [0.717, 1.165) is 26.2 Å². The molecular formula is C20H27N5O4S3. The van der Waals surface area contributed by atoms with E-state index in [-0.39, 0.29) is 19.1 Å². The number of nitrogens with zero attached hydrogens (tertiary/aromatic N) is 4. The minimum absolute atomic E-state index is 0.215. The summed E-state index contributed by atoms with van der Waals surface area (Å²) in [6.45, 7) is 6.80. The van der Waals surface area contributed by atoms with Gasteiger partial charge in [0.1, 0.15) is 0 Å². The molecule has 4 rings (SSSR count). The van der Waals surface area contributed by atoms with E-state index in [1.165, 1.54) is 8.61 Å². The number of benzene rings is 1. The highest BCUT2D eigenvalue weighted by Crippen LogP contribution is 2.32. The predicted octanol–water partition coefficient (Wildman–Crippen LogP) is 2.64. The molecule has 2 fully saturated rings. The molecule has 0 unspecified atom stereocenters. The van der Waals surface area contributed by atoms with Crippen LogP contribution in [0.2, 0.25) is 0 Å². The summed E-state index contributed by atoms with van der Waals surface area (Å²) in [7, 11) is -3.51. The number of aryl methyl sites for hydroxylation is 2. The van der Waals surface area contributed by atoms with Gasteiger partial charge in [0, 0.05) is 60.9 Å². The summed E-state index contributed by atoms with van der Waals surface area (Å²) in [5.74, 6) is 0. The Morgan fingerprint density at radius 3 is 2.41 bits per heavy atom. The minimum Gasteiger partial charge on any atom is -0.379 e. The van der Waals surface area contributed by atoms with Gasteiger partial charge in [0.05, 0.1) is 13.2 Å². The zero-order valence-electron chi connectivity index (χ0n) is 18.1. The molecule has 1 N–H and O–H groups in total. The number of morpholine rings is 1. The molecule has 2 amide bonds. The van der Waals surface area contributed by atoms with Crippen LogP contribution in [-0.2, 0) is 14.9 Å². The largest absolute Gasteiger partial charge is 0.379 e. The second kappa shape index (κ2) is 10.1. The van der Waals surface area contributed by atoms with Gasteiger partial charge < -0.3 is 15.0 Å². The van der Waals surface area contributed by atoms with Crippen molar-refractivity contribution < 1.29 is 17.9 Å². The summed E-state index contributed by atoms with van der Waals surface area (Å²) in [5.41, 5.74) is 2.72. The van der Waals surface area contributed by atoms with E-state index < -0.39 is 10.2 Å². The van der Waals surface area contributed by atoms with Crippen molar-refractivity contribution >= 4 is 45.0 Å². The monoisotopic (exact) mass is 497 g/mol. The van der Waals surface area contributed by atoms with Crippen molar-refractivity contribution in [1.82, 2.24) is 18.5 Å². The van der Waals surface area contributed by atoms with Crippen molar-refractivity contribution in [2.24, 2.45) is 0 Å². The van der Waals surface area contributed by atoms with E-state index in [9.17, 15) is 13.2 Å². The standard InChI is InChI=1S/C20H27N5O4S3/c1-15-13-17(31-20-21-16(2)14-30-20)3-4-18(15)22-19(26)23-5-7-24(8-6-23)32(27,28)25-9-11-29-12-10-25/h3-4,13-14H,5-12H2,1-2H3,(H,22,26). The molecule has 9 nitrogen and oxygen atoms in total. The van der Waals surface area contributed by atoms with Crippen LogP contribution in [0.1, 0.15) is 11.3 Å². The van der Waals surface area contributed by atoms with Crippen LogP contribution in [0.15, 0.2) is 32.8 Å². The molecule has 1 aromatic carbocycles. The lowest BCUT2D eigenvalue weighted by molar-refractivity contribution is 0.0691. The Morgan fingerprint density at radius 1 is 1.09 bits per heavy atom. The first-order valence-corrected chi connectivity index (χ1v) is 13.5. The number of anilines is 1. The van der Waals surface area contributed by atoms with Gasteiger partial charge in [0.15, 0.2) is 4.34 Å². The highest BCUT2D eigenvalue weighted by Gasteiger charge is 2.34. The summed E-state index contributed by atoms with van der Waals surface area (Å²) in [6, 6.07) is 5.68. The molecule has 0 saturated carbocycles. The first-order valence-electron chi connectivity index (χ1n) is 10.4. The van der Waals surface area contributed by atoms with Crippen LogP contribution in [-0.4, -0.2) is 85.4 Å². The topological polar surface area (TPSA) is 95.1 Å². The first kappa shape index (κ1) is 23.5. The van der Waals surface area contributed by atoms with Crippen LogP contribution in [0.3, 0.4) is 0 Å². The zero-order chi connectivity index (χ0) is 22.7. The van der Waals surface area contributed by atoms with Crippen LogP contribution >= 0.6 is 23.1 Å². The second-order valence-electron chi connectivity index (χ2n) is 7.67. The number of urea groups is 1. The number of nitrogens with one attached hydrogen (secondary N) is 1. The van der Waals surface area contributed by atoms with Gasteiger partial charge in [0.2, 0.25) is 0 Å². The highest BCUT2D eigenvalue weighted by molar-refractivity contribution is 8.01. The maximum atomic E-state index is 12.8. The molecule has 0 spiro atoms. The third-order valence-electron chi connectivity index (χ3n) is 5.39. The van der Waals surface area contributed by atoms with E-state index in [4.69, 9.17) is 4.74 Å². The summed E-state index contributed by atoms with van der Waals surface area (Å²) in [5, 5.41) is 4.99. The fourth-order valence-corrected chi connectivity index (χ4v) is 7.05. The molecule has 3 heterocycles. The molecule has 2 aliphatic rings. The molecule has 174 valence electrons. The Morgan fingerprint density at radius 2 is 1.78 bits per heavy atom. The third-order valence-corrected chi connectivity index (χ3v) is 9.47. The van der Waals surface area contributed by atoms with E-state index in [1.54, 1.807) is 28.0 Å². The molecule has 0 atom stereocenters. The average Bonchev–Trinajstić information content (AvgIpc) is 3.20. The molecule has 2 aliphatic heterocycles. The predicted molar refractivity (Wildman–Crippen MR) is 126 cm³/mol. The van der Waals surface area contributed by atoms with E-state index in [2.05, 4.69) is 10.3 Å². The number of piperazine rings is 1. The Hall–Kier alpha value is -1.70. The molecule has 0 aliphatic carbocycles. The van der Waals surface area contributed by atoms with Crippen molar-refractivity contribution in [2.45, 2.75) is 23.1 Å². The third kappa shape index (κ3) is 5.43. The number of carbonyl (C=O) groups excluding carboxylic acids is 1. The Bertz CT molecular complexity index is 1060. The van der Waals surface area contributed by atoms with Gasteiger partial charge in [-0.3, -0.25) is 0 Å². The van der Waals surface area contributed by atoms with Gasteiger partial charge in [-0.1, -0.05) is 11.8 Å². The molecular weight excluding hydrogens is 470 g/mol. The molecule has 32 heavy (non-hydrogen) atoms. The second-order valence-corrected chi connectivity index (χ2v) is 11.8. The lowest BCUT2D eigenvalue weighted by Crippen LogP contribution is -2.56. The smallest absolute Gasteiger partial charge is 0.321 e. The molecule has 2 saturated heterocycles. The normalized spacial score (nSPS) is 18.6. The zero-order valence-corrected chi connectivity index (χ0v) is 20.6. The van der Waals surface area contributed by atoms with Crippen molar-refractivity contribution in [3.8, 4) is 0 Å². The van der Waals surface area contributed by atoms with Crippen molar-refractivity contribution in [3.05, 3.63) is 34.8 Å². The lowest BCUT2D eigenvalue weighted by Gasteiger charge is -2.37. The molecule has 12 heteroatoms. The Balaban J connectivity index is 1.32. The number of ether oxygens (including phenoxy) is 1. The van der Waals surface area contributed by atoms with Crippen LogP contribution in [0, 0.1) is 13.8 Å². The van der Waals surface area contributed by atoms with Gasteiger partial charge in [-0.25, -0.2) is 9.78 Å². The number of hydrogen-bond acceptors (Lipinski definition) is 7. The van der Waals surface area contributed by atoms with Crippen LogP contribution < -0.4 is 5.32 Å². The maximum Gasteiger partial charge on any atom is 0.321 e. The molecule has 1 aromatic heterocycles. The number of carbonyl (C=O) groups is 1. The van der Waals surface area contributed by atoms with Gasteiger partial charge >= 0.3 is 6.03 Å². The Kier molecular flexibility index (Phi) is 7.37. The summed E-state index contributed by atoms with van der Waals surface area (Å²) in [4.78, 5) is 20.0. The lowest BCUT2D eigenvalue weighted by atomic mass is 10.2. The SMILES string of the molecule is Cc1csc(Sc2ccc(NC(=O)N3CCN(S(=O)(=O)N4CCOCC4)CC3)c(C)c2)n1. The number of aromatic nitrogens is 1. The fraction of sp³-hybridized carbons (Fsp3) is 0.500. The van der Waals surface area contributed by atoms with Crippen LogP contribution in [0.5, 0.6) is 0 Å². The summed E-state index contributed by atoms with van der Waals surface area (Å²) < 4.78 is 34.7.